The van der Waals surface area contributed by atoms with Crippen LogP contribution in [0.4, 0.5) is 5.69 Å². The fraction of sp³-hybridized carbons (Fsp3) is 0.0500. The van der Waals surface area contributed by atoms with Crippen LogP contribution in [0.3, 0.4) is 0 Å². The number of hydrogen-bond donors (Lipinski definition) is 1. The van der Waals surface area contributed by atoms with Crippen molar-refractivity contribution in [3.63, 3.8) is 0 Å². The molecule has 0 unspecified atom stereocenters. The standard InChI is InChI=1S/C20H17N3O2S/c1-2-14-26-20-23-22-19(25-20)16-10-6-7-11-17(16)21-18(24)13-12-15-8-4-3-5-9-15/h2-13H,1,14H2,(H,21,24)/b13-12+. The van der Waals surface area contributed by atoms with Crippen LogP contribution in [-0.2, 0) is 4.79 Å². The SMILES string of the molecule is C=CCSc1nnc(-c2ccccc2NC(=O)/C=C/c2ccccc2)o1. The summed E-state index contributed by atoms with van der Waals surface area (Å²) < 4.78 is 5.65. The van der Waals surface area contributed by atoms with Gasteiger partial charge in [0.1, 0.15) is 0 Å². The summed E-state index contributed by atoms with van der Waals surface area (Å²) in [5.41, 5.74) is 2.24. The Bertz CT molecular complexity index is 920. The van der Waals surface area contributed by atoms with Gasteiger partial charge < -0.3 is 9.73 Å². The van der Waals surface area contributed by atoms with Crippen molar-refractivity contribution < 1.29 is 9.21 Å². The topological polar surface area (TPSA) is 68.0 Å². The van der Waals surface area contributed by atoms with Gasteiger partial charge in [0.25, 0.3) is 11.1 Å². The molecular formula is C20H17N3O2S. The zero-order valence-electron chi connectivity index (χ0n) is 14.0. The molecule has 0 saturated heterocycles. The highest BCUT2D eigenvalue weighted by Crippen LogP contribution is 2.29. The van der Waals surface area contributed by atoms with Crippen LogP contribution in [-0.4, -0.2) is 21.9 Å². The number of carbonyl (C=O) groups is 1. The molecule has 0 atom stereocenters. The molecule has 0 fully saturated rings. The van der Waals surface area contributed by atoms with Gasteiger partial charge in [-0.15, -0.1) is 16.8 Å². The molecule has 0 aliphatic rings. The summed E-state index contributed by atoms with van der Waals surface area (Å²) in [6.45, 7) is 3.66. The third-order valence-corrected chi connectivity index (χ3v) is 4.19. The predicted molar refractivity (Wildman–Crippen MR) is 105 cm³/mol. The van der Waals surface area contributed by atoms with Gasteiger partial charge in [-0.05, 0) is 23.8 Å². The quantitative estimate of drug-likeness (QED) is 0.375. The van der Waals surface area contributed by atoms with Crippen LogP contribution < -0.4 is 5.32 Å². The Labute approximate surface area is 155 Å². The van der Waals surface area contributed by atoms with Crippen LogP contribution in [0.15, 0.2) is 83.0 Å². The molecule has 6 heteroatoms. The molecule has 3 aromatic rings. The molecule has 0 saturated carbocycles. The number of benzene rings is 2. The summed E-state index contributed by atoms with van der Waals surface area (Å²) in [4.78, 5) is 12.2. The van der Waals surface area contributed by atoms with E-state index in [1.807, 2.05) is 48.5 Å². The molecule has 26 heavy (non-hydrogen) atoms. The molecule has 0 aliphatic carbocycles. The number of rotatable bonds is 7. The number of hydrogen-bond acceptors (Lipinski definition) is 5. The van der Waals surface area contributed by atoms with Gasteiger partial charge in [0.15, 0.2) is 0 Å². The number of amides is 1. The van der Waals surface area contributed by atoms with Crippen molar-refractivity contribution in [1.29, 1.82) is 0 Å². The third-order valence-electron chi connectivity index (χ3n) is 3.37. The molecule has 0 aliphatic heterocycles. The molecule has 0 bridgehead atoms. The number of nitrogens with zero attached hydrogens (tertiary/aromatic N) is 2. The number of carbonyl (C=O) groups excluding carboxylic acids is 1. The van der Waals surface area contributed by atoms with E-state index in [-0.39, 0.29) is 5.91 Å². The molecule has 0 spiro atoms. The lowest BCUT2D eigenvalue weighted by Gasteiger charge is -2.06. The lowest BCUT2D eigenvalue weighted by molar-refractivity contribution is -0.111. The molecule has 1 aromatic heterocycles. The molecule has 5 nitrogen and oxygen atoms in total. The summed E-state index contributed by atoms with van der Waals surface area (Å²) >= 11 is 1.40. The first-order chi connectivity index (χ1) is 12.8. The lowest BCUT2D eigenvalue weighted by Crippen LogP contribution is -2.08. The molecule has 0 radical (unpaired) electrons. The average Bonchev–Trinajstić information content (AvgIpc) is 3.15. The van der Waals surface area contributed by atoms with Gasteiger partial charge in [0.2, 0.25) is 5.91 Å². The Morgan fingerprint density at radius 2 is 1.88 bits per heavy atom. The van der Waals surface area contributed by atoms with Gasteiger partial charge in [0.05, 0.1) is 11.3 Å². The molecule has 1 N–H and O–H groups in total. The fourth-order valence-electron chi connectivity index (χ4n) is 2.20. The first kappa shape index (κ1) is 17.7. The van der Waals surface area contributed by atoms with E-state index < -0.39 is 0 Å². The summed E-state index contributed by atoms with van der Waals surface area (Å²) in [6.07, 6.45) is 5.02. The van der Waals surface area contributed by atoms with Gasteiger partial charge in [-0.2, -0.15) is 0 Å². The van der Waals surface area contributed by atoms with Crippen molar-refractivity contribution in [2.75, 3.05) is 11.1 Å². The third kappa shape index (κ3) is 4.70. The summed E-state index contributed by atoms with van der Waals surface area (Å²) in [6, 6.07) is 16.9. The van der Waals surface area contributed by atoms with E-state index >= 15 is 0 Å². The summed E-state index contributed by atoms with van der Waals surface area (Å²) in [5, 5.41) is 11.4. The van der Waals surface area contributed by atoms with Gasteiger partial charge in [0, 0.05) is 11.8 Å². The van der Waals surface area contributed by atoms with Crippen molar-refractivity contribution in [3.8, 4) is 11.5 Å². The lowest BCUT2D eigenvalue weighted by atomic mass is 10.1. The fourth-order valence-corrected chi connectivity index (χ4v) is 2.69. The van der Waals surface area contributed by atoms with Gasteiger partial charge in [-0.25, -0.2) is 0 Å². The monoisotopic (exact) mass is 363 g/mol. The van der Waals surface area contributed by atoms with E-state index in [1.165, 1.54) is 17.8 Å². The molecule has 1 amide bonds. The molecular weight excluding hydrogens is 346 g/mol. The van der Waals surface area contributed by atoms with Crippen molar-refractivity contribution in [2.24, 2.45) is 0 Å². The minimum Gasteiger partial charge on any atom is -0.411 e. The highest BCUT2D eigenvalue weighted by Gasteiger charge is 2.13. The number of anilines is 1. The minimum atomic E-state index is -0.234. The van der Waals surface area contributed by atoms with E-state index in [9.17, 15) is 4.79 Å². The van der Waals surface area contributed by atoms with Crippen LogP contribution in [0, 0.1) is 0 Å². The van der Waals surface area contributed by atoms with Gasteiger partial charge >= 0.3 is 0 Å². The van der Waals surface area contributed by atoms with Crippen LogP contribution in [0.25, 0.3) is 17.5 Å². The normalized spacial score (nSPS) is 10.8. The highest BCUT2D eigenvalue weighted by molar-refractivity contribution is 7.99. The Balaban J connectivity index is 1.74. The largest absolute Gasteiger partial charge is 0.411 e. The molecule has 2 aromatic carbocycles. The summed E-state index contributed by atoms with van der Waals surface area (Å²) in [5.74, 6) is 0.811. The van der Waals surface area contributed by atoms with Crippen molar-refractivity contribution >= 4 is 29.4 Å². The van der Waals surface area contributed by atoms with E-state index in [2.05, 4.69) is 22.1 Å². The Hall–Kier alpha value is -3.12. The molecule has 1 heterocycles. The highest BCUT2D eigenvalue weighted by atomic mass is 32.2. The van der Waals surface area contributed by atoms with Crippen LogP contribution in [0.2, 0.25) is 0 Å². The van der Waals surface area contributed by atoms with Crippen LogP contribution in [0.5, 0.6) is 0 Å². The zero-order chi connectivity index (χ0) is 18.2. The van der Waals surface area contributed by atoms with E-state index in [0.717, 1.165) is 5.56 Å². The van der Waals surface area contributed by atoms with Crippen molar-refractivity contribution in [2.45, 2.75) is 5.22 Å². The zero-order valence-corrected chi connectivity index (χ0v) is 14.8. The summed E-state index contributed by atoms with van der Waals surface area (Å²) in [7, 11) is 0. The Morgan fingerprint density at radius 3 is 2.69 bits per heavy atom. The van der Waals surface area contributed by atoms with Crippen LogP contribution >= 0.6 is 11.8 Å². The first-order valence-electron chi connectivity index (χ1n) is 7.97. The van der Waals surface area contributed by atoms with Gasteiger partial charge in [-0.1, -0.05) is 60.3 Å². The van der Waals surface area contributed by atoms with Gasteiger partial charge in [-0.3, -0.25) is 4.79 Å². The minimum absolute atomic E-state index is 0.234. The number of para-hydroxylation sites is 1. The van der Waals surface area contributed by atoms with Crippen molar-refractivity contribution in [3.05, 3.63) is 78.9 Å². The number of thioether (sulfide) groups is 1. The Kier molecular flexibility index (Phi) is 6.01. The average molecular weight is 363 g/mol. The van der Waals surface area contributed by atoms with E-state index in [1.54, 1.807) is 18.2 Å². The number of aromatic nitrogens is 2. The second kappa shape index (κ2) is 8.82. The number of nitrogens with one attached hydrogen (secondary N) is 1. The first-order valence-corrected chi connectivity index (χ1v) is 8.95. The van der Waals surface area contributed by atoms with E-state index in [0.29, 0.717) is 28.1 Å². The Morgan fingerprint density at radius 1 is 1.12 bits per heavy atom. The van der Waals surface area contributed by atoms with Crippen LogP contribution in [0.1, 0.15) is 5.56 Å². The smallest absolute Gasteiger partial charge is 0.277 e. The van der Waals surface area contributed by atoms with Crippen molar-refractivity contribution in [1.82, 2.24) is 10.2 Å². The predicted octanol–water partition coefficient (Wildman–Crippen LogP) is 4.67. The van der Waals surface area contributed by atoms with E-state index in [4.69, 9.17) is 4.42 Å². The maximum atomic E-state index is 12.2. The second-order valence-electron chi connectivity index (χ2n) is 5.25. The molecule has 130 valence electrons. The second-order valence-corrected chi connectivity index (χ2v) is 6.22. The molecule has 3 rings (SSSR count). The maximum absolute atomic E-state index is 12.2. The maximum Gasteiger partial charge on any atom is 0.277 e.